The highest BCUT2D eigenvalue weighted by Crippen LogP contribution is 2.36. The molecule has 2 heterocycles. The summed E-state index contributed by atoms with van der Waals surface area (Å²) >= 11 is 5.01. The van der Waals surface area contributed by atoms with Crippen LogP contribution in [-0.2, 0) is 4.79 Å². The molecule has 0 amide bonds. The zero-order valence-electron chi connectivity index (χ0n) is 22.5. The van der Waals surface area contributed by atoms with Gasteiger partial charge in [-0.3, -0.25) is 19.6 Å². The van der Waals surface area contributed by atoms with Gasteiger partial charge >= 0.3 is 0 Å². The zero-order valence-corrected chi connectivity index (χ0v) is 23.3. The number of allylic oxidation sites excluding steroid dienone is 3. The van der Waals surface area contributed by atoms with Crippen molar-refractivity contribution in [2.75, 3.05) is 0 Å². The normalized spacial score (nSPS) is 13.8. The molecule has 1 atom stereocenters. The van der Waals surface area contributed by atoms with Gasteiger partial charge in [0, 0.05) is 46.7 Å². The van der Waals surface area contributed by atoms with Gasteiger partial charge < -0.3 is 0 Å². The third-order valence-corrected chi connectivity index (χ3v) is 6.15. The molecule has 1 aliphatic carbocycles. The Kier molecular flexibility index (Phi) is 10.9. The number of ketones is 2. The number of hydrogen-bond acceptors (Lipinski definition) is 5. The van der Waals surface area contributed by atoms with Crippen molar-refractivity contribution in [3.05, 3.63) is 132 Å². The molecule has 1 aliphatic rings. The van der Waals surface area contributed by atoms with Gasteiger partial charge in [-0.2, -0.15) is 0 Å². The number of aromatic nitrogens is 2. The number of carbonyl (C=O) groups excluding carboxylic acids is 2. The average Bonchev–Trinajstić information content (AvgIpc) is 3.29. The third kappa shape index (κ3) is 8.87. The van der Waals surface area contributed by atoms with E-state index in [2.05, 4.69) is 22.6 Å². The topological polar surface area (TPSA) is 59.9 Å². The van der Waals surface area contributed by atoms with Crippen molar-refractivity contribution in [2.45, 2.75) is 33.1 Å². The summed E-state index contributed by atoms with van der Waals surface area (Å²) in [6.07, 6.45) is 13.1. The minimum Gasteiger partial charge on any atom is -0.295 e. The Morgan fingerprint density at radius 1 is 0.897 bits per heavy atom. The quantitative estimate of drug-likeness (QED) is 0.147. The minimum atomic E-state index is 0.0572. The second kappa shape index (κ2) is 14.6. The standard InChI is InChI=1S/C13H11NS.C12H12O.C9H9NO/c1-10(15)6-7-11-8-9-14-13-5-3-2-4-12(11)13;1-8(2)11-7-12(13)10-6-4-3-5-9(10)11;1-8(11)2-3-9-4-6-10-7-5-9/h2-9H,1H3;3-6,11H,1,7H2,2H3;2-7H,1H3/b7-6+;;3-2+. The fourth-order valence-electron chi connectivity index (χ4n) is 4.06. The number of hydrogen-bond donors (Lipinski definition) is 0. The van der Waals surface area contributed by atoms with Gasteiger partial charge in [-0.1, -0.05) is 79.0 Å². The van der Waals surface area contributed by atoms with Crippen LogP contribution in [0.1, 0.15) is 60.2 Å². The SMILES string of the molecule is C=C(C)C1CC(=O)c2ccccc21.CC(=O)/C=C/c1ccncc1.CC(=S)/C=C/c1ccnc2ccccc12. The fraction of sp³-hybridized carbons (Fsp3) is 0.147. The first-order valence-corrected chi connectivity index (χ1v) is 13.1. The van der Waals surface area contributed by atoms with Crippen LogP contribution in [0, 0.1) is 0 Å². The monoisotopic (exact) mass is 532 g/mol. The number of carbonyl (C=O) groups is 2. The molecule has 39 heavy (non-hydrogen) atoms. The van der Waals surface area contributed by atoms with Gasteiger partial charge in [0.05, 0.1) is 5.52 Å². The Bertz CT molecular complexity index is 1530. The van der Waals surface area contributed by atoms with Crippen molar-refractivity contribution in [1.29, 1.82) is 0 Å². The molecule has 0 bridgehead atoms. The first-order valence-electron chi connectivity index (χ1n) is 12.6. The van der Waals surface area contributed by atoms with E-state index in [1.807, 2.05) is 92.9 Å². The van der Waals surface area contributed by atoms with Crippen LogP contribution in [0.2, 0.25) is 0 Å². The summed E-state index contributed by atoms with van der Waals surface area (Å²) in [5.41, 5.74) is 6.29. The summed E-state index contributed by atoms with van der Waals surface area (Å²) in [6.45, 7) is 9.34. The molecule has 0 fully saturated rings. The molecule has 4 aromatic rings. The van der Waals surface area contributed by atoms with Gasteiger partial charge in [0.25, 0.3) is 0 Å². The highest BCUT2D eigenvalue weighted by atomic mass is 32.1. The molecule has 4 nitrogen and oxygen atoms in total. The molecule has 0 N–H and O–H groups in total. The molecule has 196 valence electrons. The van der Waals surface area contributed by atoms with Gasteiger partial charge in [0.1, 0.15) is 0 Å². The number of pyridine rings is 2. The molecule has 0 radical (unpaired) electrons. The molecule has 2 aromatic carbocycles. The van der Waals surface area contributed by atoms with E-state index in [0.717, 1.165) is 43.6 Å². The van der Waals surface area contributed by atoms with Crippen LogP contribution in [0.4, 0.5) is 0 Å². The van der Waals surface area contributed by atoms with E-state index >= 15 is 0 Å². The second-order valence-corrected chi connectivity index (χ2v) is 9.84. The molecule has 0 saturated heterocycles. The summed E-state index contributed by atoms with van der Waals surface area (Å²) in [5.74, 6) is 0.564. The molecule has 5 rings (SSSR count). The number of benzene rings is 2. The van der Waals surface area contributed by atoms with E-state index in [-0.39, 0.29) is 17.5 Å². The molecular weight excluding hydrogens is 500 g/mol. The predicted molar refractivity (Wildman–Crippen MR) is 166 cm³/mol. The lowest BCUT2D eigenvalue weighted by Crippen LogP contribution is -1.93. The number of fused-ring (bicyclic) bond motifs is 2. The van der Waals surface area contributed by atoms with Gasteiger partial charge in [-0.15, -0.1) is 0 Å². The van der Waals surface area contributed by atoms with Crippen molar-refractivity contribution in [3.63, 3.8) is 0 Å². The Labute approximate surface area is 235 Å². The first-order chi connectivity index (χ1) is 18.8. The summed E-state index contributed by atoms with van der Waals surface area (Å²) in [7, 11) is 0. The largest absolute Gasteiger partial charge is 0.295 e. The molecule has 1 unspecified atom stereocenters. The van der Waals surface area contributed by atoms with Gasteiger partial charge in [-0.05, 0) is 73.9 Å². The molecule has 0 aliphatic heterocycles. The highest BCUT2D eigenvalue weighted by molar-refractivity contribution is 7.80. The van der Waals surface area contributed by atoms with E-state index < -0.39 is 0 Å². The Morgan fingerprint density at radius 3 is 2.28 bits per heavy atom. The van der Waals surface area contributed by atoms with E-state index in [4.69, 9.17) is 12.2 Å². The lowest BCUT2D eigenvalue weighted by Gasteiger charge is -2.08. The summed E-state index contributed by atoms with van der Waals surface area (Å²) in [5, 5.41) is 1.16. The van der Waals surface area contributed by atoms with Crippen LogP contribution in [0.15, 0.2) is 110 Å². The summed E-state index contributed by atoms with van der Waals surface area (Å²) in [6, 6.07) is 21.6. The summed E-state index contributed by atoms with van der Waals surface area (Å²) in [4.78, 5) is 31.1. The number of nitrogens with zero attached hydrogens (tertiary/aromatic N) is 2. The van der Waals surface area contributed by atoms with Crippen molar-refractivity contribution in [1.82, 2.24) is 9.97 Å². The van der Waals surface area contributed by atoms with Gasteiger partial charge in [0.2, 0.25) is 0 Å². The van der Waals surface area contributed by atoms with Crippen LogP contribution in [-0.4, -0.2) is 26.4 Å². The molecule has 0 spiro atoms. The molecule has 5 heteroatoms. The van der Waals surface area contributed by atoms with E-state index in [1.54, 1.807) is 18.5 Å². The predicted octanol–water partition coefficient (Wildman–Crippen LogP) is 8.25. The highest BCUT2D eigenvalue weighted by Gasteiger charge is 2.28. The van der Waals surface area contributed by atoms with Gasteiger partial charge in [0.15, 0.2) is 11.6 Å². The molecular formula is C34H32N2O2S. The lowest BCUT2D eigenvalue weighted by molar-refractivity contribution is -0.112. The fourth-order valence-corrected chi connectivity index (χ4v) is 4.13. The average molecular weight is 533 g/mol. The second-order valence-electron chi connectivity index (χ2n) is 9.20. The Hall–Kier alpha value is -4.35. The maximum absolute atomic E-state index is 11.5. The van der Waals surface area contributed by atoms with Crippen molar-refractivity contribution < 1.29 is 9.59 Å². The number of rotatable bonds is 5. The van der Waals surface area contributed by atoms with Crippen LogP contribution >= 0.6 is 12.2 Å². The molecule has 2 aromatic heterocycles. The molecule has 0 saturated carbocycles. The first kappa shape index (κ1) is 29.2. The maximum Gasteiger partial charge on any atom is 0.164 e. The van der Waals surface area contributed by atoms with Crippen molar-refractivity contribution >= 4 is 51.7 Å². The minimum absolute atomic E-state index is 0.0572. The summed E-state index contributed by atoms with van der Waals surface area (Å²) < 4.78 is 0. The van der Waals surface area contributed by atoms with Gasteiger partial charge in [-0.25, -0.2) is 0 Å². The van der Waals surface area contributed by atoms with E-state index in [1.165, 1.54) is 13.0 Å². The Balaban J connectivity index is 0.000000164. The number of para-hydroxylation sites is 1. The maximum atomic E-state index is 11.5. The van der Waals surface area contributed by atoms with Crippen molar-refractivity contribution in [2.24, 2.45) is 0 Å². The third-order valence-electron chi connectivity index (χ3n) is 6.02. The lowest BCUT2D eigenvalue weighted by atomic mass is 9.95. The van der Waals surface area contributed by atoms with Crippen LogP contribution in [0.25, 0.3) is 23.1 Å². The number of thiocarbonyl (C=S) groups is 1. The Morgan fingerprint density at radius 2 is 1.59 bits per heavy atom. The van der Waals surface area contributed by atoms with Crippen LogP contribution in [0.5, 0.6) is 0 Å². The van der Waals surface area contributed by atoms with E-state index in [0.29, 0.717) is 6.42 Å². The number of Topliss-reactive ketones (excluding diaryl/α,β-unsaturated/α-hetero) is 1. The zero-order chi connectivity index (χ0) is 28.2. The van der Waals surface area contributed by atoms with E-state index in [9.17, 15) is 9.59 Å². The van der Waals surface area contributed by atoms with Crippen LogP contribution < -0.4 is 0 Å². The smallest absolute Gasteiger partial charge is 0.164 e. The van der Waals surface area contributed by atoms with Crippen molar-refractivity contribution in [3.8, 4) is 0 Å². The van der Waals surface area contributed by atoms with Crippen LogP contribution in [0.3, 0.4) is 0 Å².